The van der Waals surface area contributed by atoms with E-state index in [1.54, 1.807) is 6.92 Å². The Hall–Kier alpha value is -0.650. The van der Waals surface area contributed by atoms with Gasteiger partial charge in [0.1, 0.15) is 5.54 Å². The molecule has 2 N–H and O–H groups in total. The molecule has 1 aliphatic heterocycles. The molecule has 1 heterocycles. The summed E-state index contributed by atoms with van der Waals surface area (Å²) in [4.78, 5) is 13.5. The molecule has 1 rings (SSSR count). The van der Waals surface area contributed by atoms with E-state index in [-0.39, 0.29) is 6.61 Å². The number of aliphatic carboxylic acids is 1. The normalized spacial score (nSPS) is 20.4. The zero-order valence-electron chi connectivity index (χ0n) is 10.9. The van der Waals surface area contributed by atoms with E-state index in [0.29, 0.717) is 6.54 Å². The van der Waals surface area contributed by atoms with Crippen molar-refractivity contribution in [1.82, 2.24) is 10.2 Å². The number of carbonyl (C=O) groups is 1. The van der Waals surface area contributed by atoms with Gasteiger partial charge in [0.05, 0.1) is 6.61 Å². The molecule has 0 saturated carbocycles. The fourth-order valence-corrected chi connectivity index (χ4v) is 2.15. The van der Waals surface area contributed by atoms with Gasteiger partial charge in [0.15, 0.2) is 0 Å². The highest BCUT2D eigenvalue weighted by Crippen LogP contribution is 2.08. The second-order valence-corrected chi connectivity index (χ2v) is 4.90. The van der Waals surface area contributed by atoms with E-state index in [2.05, 4.69) is 10.2 Å². The van der Waals surface area contributed by atoms with Gasteiger partial charge in [-0.25, -0.2) is 0 Å². The molecule has 100 valence electrons. The molecule has 1 aliphatic rings. The summed E-state index contributed by atoms with van der Waals surface area (Å²) in [5.74, 6) is -0.861. The molecule has 1 unspecified atom stereocenters. The number of rotatable bonds is 8. The Morgan fingerprint density at radius 2 is 2.12 bits per heavy atom. The summed E-state index contributed by atoms with van der Waals surface area (Å²) in [5, 5.41) is 12.2. The summed E-state index contributed by atoms with van der Waals surface area (Å²) >= 11 is 0. The number of nitrogens with one attached hydrogen (secondary N) is 1. The van der Waals surface area contributed by atoms with E-state index < -0.39 is 11.5 Å². The van der Waals surface area contributed by atoms with Crippen LogP contribution in [-0.2, 0) is 9.53 Å². The van der Waals surface area contributed by atoms with Crippen LogP contribution in [0.5, 0.6) is 0 Å². The maximum absolute atomic E-state index is 11.1. The number of hydrogen-bond acceptors (Lipinski definition) is 4. The Bertz CT molecular complexity index is 242. The van der Waals surface area contributed by atoms with Gasteiger partial charge in [0.25, 0.3) is 0 Å². The number of hydrogen-bond donors (Lipinski definition) is 2. The van der Waals surface area contributed by atoms with Crippen LogP contribution in [-0.4, -0.2) is 61.4 Å². The number of likely N-dealkylation sites (tertiary alicyclic amines) is 1. The monoisotopic (exact) mass is 244 g/mol. The van der Waals surface area contributed by atoms with Crippen LogP contribution in [0.3, 0.4) is 0 Å². The average Bonchev–Trinajstić information content (AvgIpc) is 2.77. The lowest BCUT2D eigenvalue weighted by Crippen LogP contribution is -2.53. The topological polar surface area (TPSA) is 61.8 Å². The average molecular weight is 244 g/mol. The first-order chi connectivity index (χ1) is 8.08. The SMILES string of the molecule is COCC(C)(NCCCN1CCCC1)C(=O)O. The van der Waals surface area contributed by atoms with Gasteiger partial charge in [-0.05, 0) is 52.4 Å². The first kappa shape index (κ1) is 14.4. The summed E-state index contributed by atoms with van der Waals surface area (Å²) in [7, 11) is 1.52. The van der Waals surface area contributed by atoms with Crippen molar-refractivity contribution in [1.29, 1.82) is 0 Å². The molecule has 17 heavy (non-hydrogen) atoms. The summed E-state index contributed by atoms with van der Waals surface area (Å²) in [5.41, 5.74) is -0.972. The summed E-state index contributed by atoms with van der Waals surface area (Å²) < 4.78 is 4.95. The Morgan fingerprint density at radius 3 is 2.65 bits per heavy atom. The van der Waals surface area contributed by atoms with Gasteiger partial charge in [0, 0.05) is 7.11 Å². The molecule has 0 bridgehead atoms. The molecule has 5 nitrogen and oxygen atoms in total. The molecule has 1 saturated heterocycles. The molecule has 0 aromatic heterocycles. The van der Waals surface area contributed by atoms with Crippen molar-refractivity contribution in [2.45, 2.75) is 31.7 Å². The Kier molecular flexibility index (Phi) is 5.88. The van der Waals surface area contributed by atoms with Crippen molar-refractivity contribution in [3.05, 3.63) is 0 Å². The zero-order chi connectivity index (χ0) is 12.7. The van der Waals surface area contributed by atoms with Crippen LogP contribution in [0, 0.1) is 0 Å². The highest BCUT2D eigenvalue weighted by molar-refractivity contribution is 5.78. The summed E-state index contributed by atoms with van der Waals surface area (Å²) in [6.45, 7) is 5.99. The van der Waals surface area contributed by atoms with Gasteiger partial charge in [-0.1, -0.05) is 0 Å². The largest absolute Gasteiger partial charge is 0.480 e. The predicted molar refractivity (Wildman–Crippen MR) is 66.2 cm³/mol. The zero-order valence-corrected chi connectivity index (χ0v) is 10.9. The number of methoxy groups -OCH3 is 1. The predicted octanol–water partition coefficient (Wildman–Crippen LogP) is 0.552. The third-order valence-corrected chi connectivity index (χ3v) is 3.27. The molecule has 0 aromatic rings. The minimum absolute atomic E-state index is 0.187. The Morgan fingerprint density at radius 1 is 1.47 bits per heavy atom. The van der Waals surface area contributed by atoms with Crippen LogP contribution in [0.2, 0.25) is 0 Å². The van der Waals surface area contributed by atoms with Gasteiger partial charge in [0.2, 0.25) is 0 Å². The molecule has 0 amide bonds. The number of nitrogens with zero attached hydrogens (tertiary/aromatic N) is 1. The third-order valence-electron chi connectivity index (χ3n) is 3.27. The lowest BCUT2D eigenvalue weighted by molar-refractivity contribution is -0.146. The van der Waals surface area contributed by atoms with E-state index >= 15 is 0 Å². The maximum Gasteiger partial charge on any atom is 0.326 e. The van der Waals surface area contributed by atoms with Crippen LogP contribution < -0.4 is 5.32 Å². The van der Waals surface area contributed by atoms with Gasteiger partial charge in [-0.2, -0.15) is 0 Å². The van der Waals surface area contributed by atoms with Crippen LogP contribution >= 0.6 is 0 Å². The molecule has 0 spiro atoms. The Balaban J connectivity index is 2.20. The van der Waals surface area contributed by atoms with Crippen LogP contribution in [0.25, 0.3) is 0 Å². The maximum atomic E-state index is 11.1. The van der Waals surface area contributed by atoms with Crippen molar-refractivity contribution in [2.75, 3.05) is 39.9 Å². The van der Waals surface area contributed by atoms with Crippen molar-refractivity contribution in [3.63, 3.8) is 0 Å². The minimum atomic E-state index is -0.972. The second kappa shape index (κ2) is 6.93. The summed E-state index contributed by atoms with van der Waals surface area (Å²) in [6, 6.07) is 0. The fraction of sp³-hybridized carbons (Fsp3) is 0.917. The molecule has 0 radical (unpaired) electrons. The first-order valence-electron chi connectivity index (χ1n) is 6.28. The molecule has 0 aromatic carbocycles. The van der Waals surface area contributed by atoms with Gasteiger partial charge >= 0.3 is 5.97 Å². The molecular formula is C12H24N2O3. The van der Waals surface area contributed by atoms with E-state index in [1.165, 1.54) is 33.0 Å². The van der Waals surface area contributed by atoms with Crippen LogP contribution in [0.1, 0.15) is 26.2 Å². The molecular weight excluding hydrogens is 220 g/mol. The molecule has 5 heteroatoms. The highest BCUT2D eigenvalue weighted by Gasteiger charge is 2.32. The van der Waals surface area contributed by atoms with Crippen molar-refractivity contribution in [2.24, 2.45) is 0 Å². The van der Waals surface area contributed by atoms with Crippen molar-refractivity contribution < 1.29 is 14.6 Å². The van der Waals surface area contributed by atoms with Gasteiger partial charge < -0.3 is 20.1 Å². The van der Waals surface area contributed by atoms with E-state index in [4.69, 9.17) is 9.84 Å². The Labute approximate surface area is 103 Å². The van der Waals surface area contributed by atoms with Crippen LogP contribution in [0.4, 0.5) is 0 Å². The second-order valence-electron chi connectivity index (χ2n) is 4.90. The number of carboxylic acids is 1. The standard InChI is InChI=1S/C12H24N2O3/c1-12(10-17-2,11(15)16)13-6-5-9-14-7-3-4-8-14/h13H,3-10H2,1-2H3,(H,15,16). The highest BCUT2D eigenvalue weighted by atomic mass is 16.5. The lowest BCUT2D eigenvalue weighted by Gasteiger charge is -2.26. The van der Waals surface area contributed by atoms with E-state index in [0.717, 1.165) is 13.0 Å². The first-order valence-corrected chi connectivity index (χ1v) is 6.28. The number of ether oxygens (including phenoxy) is 1. The molecule has 1 fully saturated rings. The van der Waals surface area contributed by atoms with E-state index in [1.807, 2.05) is 0 Å². The fourth-order valence-electron chi connectivity index (χ4n) is 2.15. The van der Waals surface area contributed by atoms with Crippen molar-refractivity contribution in [3.8, 4) is 0 Å². The van der Waals surface area contributed by atoms with Crippen LogP contribution in [0.15, 0.2) is 0 Å². The smallest absolute Gasteiger partial charge is 0.326 e. The lowest BCUT2D eigenvalue weighted by atomic mass is 10.0. The van der Waals surface area contributed by atoms with Crippen molar-refractivity contribution >= 4 is 5.97 Å². The van der Waals surface area contributed by atoms with Gasteiger partial charge in [-0.3, -0.25) is 4.79 Å². The third kappa shape index (κ3) is 4.61. The quantitative estimate of drug-likeness (QED) is 0.611. The molecule has 1 atom stereocenters. The number of carboxylic acid groups (broad SMARTS) is 1. The summed E-state index contributed by atoms with van der Waals surface area (Å²) in [6.07, 6.45) is 3.57. The van der Waals surface area contributed by atoms with Gasteiger partial charge in [-0.15, -0.1) is 0 Å². The molecule has 0 aliphatic carbocycles. The van der Waals surface area contributed by atoms with E-state index in [9.17, 15) is 4.79 Å². The minimum Gasteiger partial charge on any atom is -0.480 e.